The molecule has 4 nitrogen and oxygen atoms in total. The number of unbranched alkanes of at least 4 members (excludes halogenated alkanes) is 1. The van der Waals surface area contributed by atoms with E-state index < -0.39 is 17.5 Å². The molecule has 106 valence electrons. The highest BCUT2D eigenvalue weighted by molar-refractivity contribution is 6.00. The van der Waals surface area contributed by atoms with Crippen LogP contribution in [-0.4, -0.2) is 29.0 Å². The maximum atomic E-state index is 12.2. The summed E-state index contributed by atoms with van der Waals surface area (Å²) in [5.74, 6) is -2.20. The van der Waals surface area contributed by atoms with Gasteiger partial charge in [0.25, 0.3) is 5.78 Å². The first-order valence-corrected chi connectivity index (χ1v) is 5.88. The summed E-state index contributed by atoms with van der Waals surface area (Å²) >= 11 is 0. The number of aromatic nitrogens is 1. The van der Waals surface area contributed by atoms with Gasteiger partial charge in [-0.2, -0.15) is 13.2 Å². The van der Waals surface area contributed by atoms with Crippen LogP contribution in [0, 0.1) is 0 Å². The number of ketones is 1. The standard InChI is InChI=1S/C12H15F3N2O2/c1-2-3-5-16-10(18)8-17-6-4-9(7-17)11(19)12(13,14)15/h4,6-7H,2-3,5,8H2,1H3,(H,16,18). The van der Waals surface area contributed by atoms with Gasteiger partial charge in [0.2, 0.25) is 5.91 Å². The maximum Gasteiger partial charge on any atom is 0.454 e. The Morgan fingerprint density at radius 3 is 2.63 bits per heavy atom. The van der Waals surface area contributed by atoms with Crippen LogP contribution in [0.4, 0.5) is 13.2 Å². The van der Waals surface area contributed by atoms with Gasteiger partial charge in [0, 0.05) is 24.5 Å². The quantitative estimate of drug-likeness (QED) is 0.639. The average molecular weight is 276 g/mol. The summed E-state index contributed by atoms with van der Waals surface area (Å²) in [6.45, 7) is 2.41. The molecule has 1 aromatic heterocycles. The van der Waals surface area contributed by atoms with Crippen LogP contribution >= 0.6 is 0 Å². The fourth-order valence-corrected chi connectivity index (χ4v) is 1.46. The first-order chi connectivity index (χ1) is 8.84. The molecular weight excluding hydrogens is 261 g/mol. The molecule has 0 aliphatic carbocycles. The highest BCUT2D eigenvalue weighted by Crippen LogP contribution is 2.21. The number of halogens is 3. The number of amides is 1. The van der Waals surface area contributed by atoms with Gasteiger partial charge in [0.05, 0.1) is 0 Å². The first-order valence-electron chi connectivity index (χ1n) is 5.88. The van der Waals surface area contributed by atoms with Crippen LogP contribution in [0.3, 0.4) is 0 Å². The van der Waals surface area contributed by atoms with Crippen molar-refractivity contribution in [2.24, 2.45) is 0 Å². The van der Waals surface area contributed by atoms with Crippen molar-refractivity contribution in [2.45, 2.75) is 32.5 Å². The summed E-state index contributed by atoms with van der Waals surface area (Å²) in [5, 5.41) is 2.63. The predicted octanol–water partition coefficient (Wildman–Crippen LogP) is 2.15. The Morgan fingerprint density at radius 1 is 1.37 bits per heavy atom. The van der Waals surface area contributed by atoms with E-state index in [9.17, 15) is 22.8 Å². The van der Waals surface area contributed by atoms with Crippen molar-refractivity contribution in [2.75, 3.05) is 6.54 Å². The molecule has 1 heterocycles. The zero-order valence-corrected chi connectivity index (χ0v) is 10.5. The number of carbonyl (C=O) groups excluding carboxylic acids is 2. The molecule has 0 saturated carbocycles. The van der Waals surface area contributed by atoms with E-state index in [1.165, 1.54) is 10.8 Å². The summed E-state index contributed by atoms with van der Waals surface area (Å²) in [6.07, 6.45) is -0.813. The van der Waals surface area contributed by atoms with Crippen molar-refractivity contribution in [1.82, 2.24) is 9.88 Å². The molecule has 1 N–H and O–H groups in total. The fourth-order valence-electron chi connectivity index (χ4n) is 1.46. The third-order valence-corrected chi connectivity index (χ3v) is 2.45. The van der Waals surface area contributed by atoms with Crippen LogP contribution in [-0.2, 0) is 11.3 Å². The highest BCUT2D eigenvalue weighted by atomic mass is 19.4. The van der Waals surface area contributed by atoms with E-state index in [-0.39, 0.29) is 12.5 Å². The normalized spacial score (nSPS) is 11.4. The molecule has 1 aromatic rings. The van der Waals surface area contributed by atoms with Gasteiger partial charge in [-0.3, -0.25) is 9.59 Å². The lowest BCUT2D eigenvalue weighted by atomic mass is 10.2. The van der Waals surface area contributed by atoms with Gasteiger partial charge in [-0.25, -0.2) is 0 Å². The molecule has 0 radical (unpaired) electrons. The molecular formula is C12H15F3N2O2. The minimum absolute atomic E-state index is 0.102. The summed E-state index contributed by atoms with van der Waals surface area (Å²) in [6, 6.07) is 1.05. The van der Waals surface area contributed by atoms with Crippen LogP contribution in [0.25, 0.3) is 0 Å². The zero-order chi connectivity index (χ0) is 14.5. The summed E-state index contributed by atoms with van der Waals surface area (Å²) in [5.41, 5.74) is -0.464. The van der Waals surface area contributed by atoms with Crippen LogP contribution in [0.5, 0.6) is 0 Å². The fraction of sp³-hybridized carbons (Fsp3) is 0.500. The summed E-state index contributed by atoms with van der Waals surface area (Å²) < 4.78 is 37.8. The topological polar surface area (TPSA) is 51.1 Å². The first kappa shape index (κ1) is 15.3. The second-order valence-electron chi connectivity index (χ2n) is 4.10. The molecule has 0 saturated heterocycles. The van der Waals surface area contributed by atoms with E-state index in [1.807, 2.05) is 6.92 Å². The SMILES string of the molecule is CCCCNC(=O)Cn1ccc(C(=O)C(F)(F)F)c1. The minimum atomic E-state index is -4.89. The molecule has 0 unspecified atom stereocenters. The highest BCUT2D eigenvalue weighted by Gasteiger charge is 2.39. The molecule has 0 aliphatic rings. The van der Waals surface area contributed by atoms with E-state index in [2.05, 4.69) is 5.32 Å². The van der Waals surface area contributed by atoms with Gasteiger partial charge in [0.1, 0.15) is 6.54 Å². The molecule has 19 heavy (non-hydrogen) atoms. The molecule has 1 amide bonds. The number of nitrogens with zero attached hydrogens (tertiary/aromatic N) is 1. The van der Waals surface area contributed by atoms with Gasteiger partial charge in [-0.1, -0.05) is 13.3 Å². The van der Waals surface area contributed by atoms with Gasteiger partial charge in [-0.15, -0.1) is 0 Å². The predicted molar refractivity (Wildman–Crippen MR) is 62.7 cm³/mol. The molecule has 0 spiro atoms. The van der Waals surface area contributed by atoms with Crippen LogP contribution in [0.2, 0.25) is 0 Å². The van der Waals surface area contributed by atoms with E-state index in [4.69, 9.17) is 0 Å². The lowest BCUT2D eigenvalue weighted by Crippen LogP contribution is -2.28. The Hall–Kier alpha value is -1.79. The van der Waals surface area contributed by atoms with Crippen molar-refractivity contribution in [3.63, 3.8) is 0 Å². The van der Waals surface area contributed by atoms with Crippen LogP contribution < -0.4 is 5.32 Å². The number of Topliss-reactive ketones (excluding diaryl/α,β-unsaturated/α-hetero) is 1. The number of carbonyl (C=O) groups is 2. The Labute approximate surface area is 108 Å². The smallest absolute Gasteiger partial charge is 0.355 e. The molecule has 0 bridgehead atoms. The van der Waals surface area contributed by atoms with E-state index in [0.29, 0.717) is 6.54 Å². The molecule has 0 atom stereocenters. The van der Waals surface area contributed by atoms with Gasteiger partial charge < -0.3 is 9.88 Å². The number of hydrogen-bond acceptors (Lipinski definition) is 2. The average Bonchev–Trinajstić information content (AvgIpc) is 2.75. The summed E-state index contributed by atoms with van der Waals surface area (Å²) in [7, 11) is 0. The lowest BCUT2D eigenvalue weighted by Gasteiger charge is -2.05. The third-order valence-electron chi connectivity index (χ3n) is 2.45. The largest absolute Gasteiger partial charge is 0.454 e. The molecule has 0 fully saturated rings. The Bertz CT molecular complexity index is 452. The molecule has 1 rings (SSSR count). The second kappa shape index (κ2) is 6.40. The van der Waals surface area contributed by atoms with Crippen molar-refractivity contribution < 1.29 is 22.8 Å². The van der Waals surface area contributed by atoms with E-state index in [1.54, 1.807) is 0 Å². The monoisotopic (exact) mass is 276 g/mol. The number of rotatable bonds is 6. The van der Waals surface area contributed by atoms with Gasteiger partial charge in [0.15, 0.2) is 0 Å². The number of nitrogens with one attached hydrogen (secondary N) is 1. The third kappa shape index (κ3) is 4.76. The number of hydrogen-bond donors (Lipinski definition) is 1. The van der Waals surface area contributed by atoms with Crippen LogP contribution in [0.15, 0.2) is 18.5 Å². The summed E-state index contributed by atoms with van der Waals surface area (Å²) in [4.78, 5) is 22.4. The van der Waals surface area contributed by atoms with Crippen molar-refractivity contribution >= 4 is 11.7 Å². The van der Waals surface area contributed by atoms with E-state index >= 15 is 0 Å². The van der Waals surface area contributed by atoms with Crippen molar-refractivity contribution in [3.05, 3.63) is 24.0 Å². The Balaban J connectivity index is 2.56. The zero-order valence-electron chi connectivity index (χ0n) is 10.5. The minimum Gasteiger partial charge on any atom is -0.355 e. The Morgan fingerprint density at radius 2 is 2.05 bits per heavy atom. The van der Waals surface area contributed by atoms with Crippen molar-refractivity contribution in [1.29, 1.82) is 0 Å². The second-order valence-corrected chi connectivity index (χ2v) is 4.10. The Kier molecular flexibility index (Phi) is 5.14. The van der Waals surface area contributed by atoms with Crippen molar-refractivity contribution in [3.8, 4) is 0 Å². The van der Waals surface area contributed by atoms with Crippen LogP contribution in [0.1, 0.15) is 30.1 Å². The molecule has 7 heteroatoms. The van der Waals surface area contributed by atoms with Gasteiger partial charge >= 0.3 is 6.18 Å². The maximum absolute atomic E-state index is 12.2. The number of alkyl halides is 3. The lowest BCUT2D eigenvalue weighted by molar-refractivity contribution is -0.121. The van der Waals surface area contributed by atoms with Gasteiger partial charge in [-0.05, 0) is 12.5 Å². The molecule has 0 aliphatic heterocycles. The van der Waals surface area contributed by atoms with E-state index in [0.717, 1.165) is 25.1 Å². The molecule has 0 aromatic carbocycles.